The lowest BCUT2D eigenvalue weighted by Gasteiger charge is -2.56. The molecule has 3 aromatic carbocycles. The number of H-pyrrole nitrogens is 1. The van der Waals surface area contributed by atoms with Crippen LogP contribution in [0.5, 0.6) is 17.2 Å². The van der Waals surface area contributed by atoms with Gasteiger partial charge >= 0.3 is 0 Å². The number of aromatic nitrogens is 2. The molecule has 5 heterocycles. The number of rotatable bonds is 11. The van der Waals surface area contributed by atoms with Gasteiger partial charge in [0.2, 0.25) is 0 Å². The highest BCUT2D eigenvalue weighted by molar-refractivity contribution is 7.90. The third kappa shape index (κ3) is 8.66. The molecule has 2 saturated carbocycles. The summed E-state index contributed by atoms with van der Waals surface area (Å²) in [6, 6.07) is 16.4. The Morgan fingerprint density at radius 2 is 1.81 bits per heavy atom. The number of piperidine rings is 1. The molecule has 358 valence electrons. The SMILES string of the molecule is CC(C)c1ccccc1[C@@H]1CCC(=O)C1N1CC2(CCN(c3ccc(C(=O)NS(=O)(=O)c4cc5c(c([N+](=O)[O-])c4)N[C@@H]([C@H]4CC[C@](C)(O)CC4)CO5)c(Oc4cnc5[nH]cc(F)c5c4)c3)CC2)C1. The Kier molecular flexibility index (Phi) is 11.7. The second-order valence-electron chi connectivity index (χ2n) is 20.1. The second kappa shape index (κ2) is 17.4. The Bertz CT molecular complexity index is 2920. The molecule has 10 rings (SSSR count). The molecule has 2 saturated heterocycles. The molecule has 3 atom stereocenters. The fraction of sp³-hybridized carbons (Fsp3) is 0.460. The van der Waals surface area contributed by atoms with E-state index in [2.05, 4.69) is 67.9 Å². The molecule has 2 aliphatic carbocycles. The Balaban J connectivity index is 0.867. The van der Waals surface area contributed by atoms with Crippen molar-refractivity contribution in [1.29, 1.82) is 0 Å². The zero-order chi connectivity index (χ0) is 47.7. The van der Waals surface area contributed by atoms with Crippen molar-refractivity contribution in [2.24, 2.45) is 11.3 Å². The van der Waals surface area contributed by atoms with E-state index in [0.29, 0.717) is 56.9 Å². The summed E-state index contributed by atoms with van der Waals surface area (Å²) in [6.07, 6.45) is 8.25. The number of benzene rings is 3. The Morgan fingerprint density at radius 1 is 1.06 bits per heavy atom. The number of sulfonamides is 1. The zero-order valence-corrected chi connectivity index (χ0v) is 39.1. The van der Waals surface area contributed by atoms with Gasteiger partial charge in [-0.1, -0.05) is 38.1 Å². The summed E-state index contributed by atoms with van der Waals surface area (Å²) in [7, 11) is -4.74. The van der Waals surface area contributed by atoms with Gasteiger partial charge in [-0.2, -0.15) is 0 Å². The molecule has 5 aromatic rings. The number of hydrogen-bond acceptors (Lipinski definition) is 13. The second-order valence-corrected chi connectivity index (χ2v) is 21.8. The van der Waals surface area contributed by atoms with Crippen molar-refractivity contribution in [3.63, 3.8) is 0 Å². The number of pyridine rings is 1. The molecule has 68 heavy (non-hydrogen) atoms. The number of ketones is 1. The van der Waals surface area contributed by atoms with Crippen LogP contribution in [0.25, 0.3) is 11.0 Å². The summed E-state index contributed by atoms with van der Waals surface area (Å²) in [5.74, 6) is -0.654. The van der Waals surface area contributed by atoms with Crippen LogP contribution in [0.3, 0.4) is 0 Å². The molecular weight excluding hydrogens is 894 g/mol. The fourth-order valence-electron chi connectivity index (χ4n) is 11.4. The van der Waals surface area contributed by atoms with E-state index in [1.807, 2.05) is 0 Å². The zero-order valence-electron chi connectivity index (χ0n) is 38.3. The predicted octanol–water partition coefficient (Wildman–Crippen LogP) is 8.18. The molecule has 5 aliphatic rings. The van der Waals surface area contributed by atoms with Crippen molar-refractivity contribution in [2.75, 3.05) is 43.0 Å². The summed E-state index contributed by atoms with van der Waals surface area (Å²) < 4.78 is 56.8. The first kappa shape index (κ1) is 45.7. The summed E-state index contributed by atoms with van der Waals surface area (Å²) in [6.45, 7) is 9.36. The van der Waals surface area contributed by atoms with Crippen molar-refractivity contribution in [2.45, 2.75) is 107 Å². The molecule has 1 amide bonds. The lowest BCUT2D eigenvalue weighted by atomic mass is 9.70. The third-order valence-corrected chi connectivity index (χ3v) is 16.5. The molecule has 4 fully saturated rings. The number of carbonyl (C=O) groups excluding carboxylic acids is 2. The number of carbonyl (C=O) groups is 2. The van der Waals surface area contributed by atoms with Gasteiger partial charge in [-0.15, -0.1) is 0 Å². The van der Waals surface area contributed by atoms with Gasteiger partial charge in [-0.3, -0.25) is 24.6 Å². The van der Waals surface area contributed by atoms with E-state index >= 15 is 0 Å². The maximum Gasteiger partial charge on any atom is 0.297 e. The van der Waals surface area contributed by atoms with Crippen LogP contribution in [0.15, 0.2) is 78.0 Å². The number of anilines is 2. The summed E-state index contributed by atoms with van der Waals surface area (Å²) in [5, 5.41) is 26.2. The minimum atomic E-state index is -4.74. The van der Waals surface area contributed by atoms with Gasteiger partial charge in [0.1, 0.15) is 29.6 Å². The van der Waals surface area contributed by atoms with E-state index in [-0.39, 0.29) is 75.5 Å². The van der Waals surface area contributed by atoms with Gasteiger partial charge in [0.15, 0.2) is 17.2 Å². The Labute approximate surface area is 393 Å². The van der Waals surface area contributed by atoms with Crippen LogP contribution < -0.4 is 24.4 Å². The number of aromatic amines is 1. The molecule has 4 N–H and O–H groups in total. The monoisotopic (exact) mass is 949 g/mol. The minimum Gasteiger partial charge on any atom is -0.489 e. The van der Waals surface area contributed by atoms with Crippen molar-refractivity contribution in [3.05, 3.63) is 106 Å². The lowest BCUT2D eigenvalue weighted by Crippen LogP contribution is -2.64. The normalized spacial score (nSPS) is 24.9. The number of amides is 1. The number of hydrogen-bond donors (Lipinski definition) is 4. The standard InChI is InChI=1S/C50H56FN7O9S/c1-29(2)34-6-4-5-7-35(34)36-10-11-42(59)46(36)57-27-50(28-57)16-18-56(19-17-50)31-8-9-37(43(20-31)67-32-21-38-39(51)25-53-47(38)52-24-32)48(60)55-68(64,65)33-22-41(58(62)63)45-44(23-33)66-26-40(54-45)30-12-14-49(3,61)15-13-30/h4-9,20-25,29-30,36,40,46,54,61H,10-19,26-28H2,1-3H3,(H,52,53)(H,55,60)/t30-,36-,40+,46?,49-/m0/s1. The number of nitrogens with zero attached hydrogens (tertiary/aromatic N) is 4. The van der Waals surface area contributed by atoms with Crippen LogP contribution in [0.2, 0.25) is 0 Å². The molecule has 0 radical (unpaired) electrons. The largest absolute Gasteiger partial charge is 0.489 e. The number of Topliss-reactive ketones (excluding diaryl/α,β-unsaturated/α-hetero) is 1. The molecular formula is C50H56FN7O9S. The van der Waals surface area contributed by atoms with Crippen LogP contribution in [-0.4, -0.2) is 95.5 Å². The molecule has 3 aliphatic heterocycles. The number of nitrogens with one attached hydrogen (secondary N) is 3. The van der Waals surface area contributed by atoms with E-state index in [0.717, 1.165) is 50.2 Å². The quantitative estimate of drug-likeness (QED) is 0.0728. The Hall–Kier alpha value is -6.11. The van der Waals surface area contributed by atoms with Crippen LogP contribution in [0, 0.1) is 27.3 Å². The summed E-state index contributed by atoms with van der Waals surface area (Å²) in [5.41, 5.74) is 2.23. The molecule has 16 nitrogen and oxygen atoms in total. The number of halogens is 1. The van der Waals surface area contributed by atoms with Crippen molar-refractivity contribution in [1.82, 2.24) is 19.6 Å². The summed E-state index contributed by atoms with van der Waals surface area (Å²) >= 11 is 0. The molecule has 1 spiro atoms. The highest BCUT2D eigenvalue weighted by atomic mass is 32.2. The fourth-order valence-corrected chi connectivity index (χ4v) is 12.4. The van der Waals surface area contributed by atoms with Crippen LogP contribution in [0.1, 0.15) is 105 Å². The average Bonchev–Trinajstić information content (AvgIpc) is 3.88. The van der Waals surface area contributed by atoms with E-state index in [4.69, 9.17) is 9.47 Å². The van der Waals surface area contributed by atoms with Gasteiger partial charge in [-0.05, 0) is 98.4 Å². The van der Waals surface area contributed by atoms with Crippen molar-refractivity contribution < 1.29 is 41.9 Å². The smallest absolute Gasteiger partial charge is 0.297 e. The van der Waals surface area contributed by atoms with Gasteiger partial charge in [0.05, 0.1) is 44.7 Å². The van der Waals surface area contributed by atoms with Crippen molar-refractivity contribution in [3.8, 4) is 17.2 Å². The molecule has 2 aromatic heterocycles. The third-order valence-electron chi connectivity index (χ3n) is 15.2. The van der Waals surface area contributed by atoms with Gasteiger partial charge < -0.3 is 29.8 Å². The van der Waals surface area contributed by atoms with Crippen LogP contribution in [0.4, 0.5) is 21.5 Å². The molecule has 1 unspecified atom stereocenters. The number of ether oxygens (including phenoxy) is 2. The van der Waals surface area contributed by atoms with E-state index in [1.165, 1.54) is 35.7 Å². The summed E-state index contributed by atoms with van der Waals surface area (Å²) in [4.78, 5) is 50.2. The number of aliphatic hydroxyl groups is 1. The Morgan fingerprint density at radius 3 is 2.54 bits per heavy atom. The van der Waals surface area contributed by atoms with Crippen LogP contribution in [-0.2, 0) is 14.8 Å². The van der Waals surface area contributed by atoms with Gasteiger partial charge in [0, 0.05) is 68.6 Å². The van der Waals surface area contributed by atoms with E-state index in [1.54, 1.807) is 19.1 Å². The minimum absolute atomic E-state index is 0.0194. The van der Waals surface area contributed by atoms with Gasteiger partial charge in [0.25, 0.3) is 21.6 Å². The van der Waals surface area contributed by atoms with Crippen LogP contribution >= 0.6 is 0 Å². The molecule has 0 bridgehead atoms. The number of fused-ring (bicyclic) bond motifs is 2. The number of likely N-dealkylation sites (tertiary alicyclic amines) is 1. The highest BCUT2D eigenvalue weighted by Gasteiger charge is 2.52. The predicted molar refractivity (Wildman–Crippen MR) is 253 cm³/mol. The average molecular weight is 950 g/mol. The highest BCUT2D eigenvalue weighted by Crippen LogP contribution is 2.49. The van der Waals surface area contributed by atoms with Crippen molar-refractivity contribution >= 4 is 49.8 Å². The first-order valence-electron chi connectivity index (χ1n) is 23.5. The number of nitro groups is 1. The van der Waals surface area contributed by atoms with Gasteiger partial charge in [-0.25, -0.2) is 22.5 Å². The first-order valence-corrected chi connectivity index (χ1v) is 25.0. The molecule has 18 heteroatoms. The lowest BCUT2D eigenvalue weighted by molar-refractivity contribution is -0.384. The topological polar surface area (TPSA) is 209 Å². The van der Waals surface area contributed by atoms with E-state index in [9.17, 15) is 37.6 Å². The van der Waals surface area contributed by atoms with E-state index < -0.39 is 42.9 Å². The maximum atomic E-state index is 14.7. The first-order chi connectivity index (χ1) is 32.5. The maximum absolute atomic E-state index is 14.7. The number of nitro benzene ring substituents is 1.